The van der Waals surface area contributed by atoms with Crippen LogP contribution in [0.4, 0.5) is 5.69 Å². The van der Waals surface area contributed by atoms with Crippen LogP contribution in [0.5, 0.6) is 5.75 Å². The Morgan fingerprint density at radius 2 is 1.85 bits per heavy atom. The van der Waals surface area contributed by atoms with Crippen LogP contribution in [0.3, 0.4) is 0 Å². The van der Waals surface area contributed by atoms with Crippen molar-refractivity contribution in [1.82, 2.24) is 14.3 Å². The second kappa shape index (κ2) is 8.47. The van der Waals surface area contributed by atoms with Gasteiger partial charge in [-0.3, -0.25) is 14.4 Å². The van der Waals surface area contributed by atoms with Crippen molar-refractivity contribution in [2.75, 3.05) is 11.9 Å². The fraction of sp³-hybridized carbons (Fsp3) is 0.154. The molecule has 8 heteroatoms. The largest absolute Gasteiger partial charge is 0.507 e. The topological polar surface area (TPSA) is 104 Å². The molecule has 0 bridgehead atoms. The summed E-state index contributed by atoms with van der Waals surface area (Å²) in [5, 5.41) is 12.6. The zero-order valence-electron chi connectivity index (χ0n) is 18.5. The summed E-state index contributed by atoms with van der Waals surface area (Å²) in [6.07, 6.45) is 5.92. The zero-order valence-corrected chi connectivity index (χ0v) is 18.5. The monoisotopic (exact) mass is 454 g/mol. The average molecular weight is 454 g/mol. The number of nitrogens with one attached hydrogen (secondary N) is 1. The first-order valence-electron chi connectivity index (χ1n) is 10.9. The quantitative estimate of drug-likeness (QED) is 0.362. The third-order valence-corrected chi connectivity index (χ3v) is 6.06. The van der Waals surface area contributed by atoms with Gasteiger partial charge in [0.05, 0.1) is 23.6 Å². The molecule has 2 amide bonds. The molecule has 5 rings (SSSR count). The first-order valence-corrected chi connectivity index (χ1v) is 10.9. The fourth-order valence-electron chi connectivity index (χ4n) is 4.21. The predicted octanol–water partition coefficient (Wildman–Crippen LogP) is 3.69. The van der Waals surface area contributed by atoms with Crippen LogP contribution in [-0.2, 0) is 13.0 Å². The second-order valence-corrected chi connectivity index (χ2v) is 8.34. The first-order chi connectivity index (χ1) is 16.4. The van der Waals surface area contributed by atoms with Gasteiger partial charge in [-0.2, -0.15) is 0 Å². The first kappa shape index (κ1) is 21.4. The number of Topliss-reactive ketones (excluding diaryl/α,β-unsaturated/α-hetero) is 1. The molecule has 0 saturated heterocycles. The number of pyridine rings is 1. The summed E-state index contributed by atoms with van der Waals surface area (Å²) in [6.45, 7) is 2.36. The summed E-state index contributed by atoms with van der Waals surface area (Å²) in [4.78, 5) is 43.5. The van der Waals surface area contributed by atoms with Gasteiger partial charge in [0.25, 0.3) is 11.8 Å². The molecular formula is C26H22N4O4. The number of hydrogen-bond donors (Lipinski definition) is 2. The molecule has 0 unspecified atom stereocenters. The predicted molar refractivity (Wildman–Crippen MR) is 126 cm³/mol. The fourth-order valence-corrected chi connectivity index (χ4v) is 4.21. The average Bonchev–Trinajstić information content (AvgIpc) is 3.32. The number of nitrogens with zero attached hydrogens (tertiary/aromatic N) is 3. The molecule has 0 saturated carbocycles. The smallest absolute Gasteiger partial charge is 0.255 e. The Kier molecular flexibility index (Phi) is 5.33. The minimum absolute atomic E-state index is 0.0648. The summed E-state index contributed by atoms with van der Waals surface area (Å²) in [5.74, 6) is -0.821. The zero-order chi connectivity index (χ0) is 23.8. The normalized spacial score (nSPS) is 12.9. The number of carbonyl (C=O) groups is 3. The van der Waals surface area contributed by atoms with E-state index in [1.54, 1.807) is 35.6 Å². The lowest BCUT2D eigenvalue weighted by Crippen LogP contribution is -2.36. The molecular weight excluding hydrogens is 432 g/mol. The molecule has 2 N–H and O–H groups in total. The van der Waals surface area contributed by atoms with E-state index in [1.807, 2.05) is 22.7 Å². The molecule has 0 atom stereocenters. The van der Waals surface area contributed by atoms with Gasteiger partial charge in [0.15, 0.2) is 5.78 Å². The number of rotatable bonds is 4. The molecule has 1 aliphatic rings. The Hall–Kier alpha value is -4.46. The highest BCUT2D eigenvalue weighted by Crippen LogP contribution is 2.25. The third kappa shape index (κ3) is 4.01. The van der Waals surface area contributed by atoms with E-state index in [2.05, 4.69) is 10.3 Å². The summed E-state index contributed by atoms with van der Waals surface area (Å²) >= 11 is 0. The van der Waals surface area contributed by atoms with Crippen molar-refractivity contribution in [3.63, 3.8) is 0 Å². The Bertz CT molecular complexity index is 1460. The highest BCUT2D eigenvalue weighted by atomic mass is 16.3. The molecule has 1 aliphatic heterocycles. The van der Waals surface area contributed by atoms with Crippen LogP contribution in [0, 0.1) is 0 Å². The van der Waals surface area contributed by atoms with E-state index in [1.165, 1.54) is 25.1 Å². The van der Waals surface area contributed by atoms with Crippen LogP contribution < -0.4 is 5.32 Å². The maximum atomic E-state index is 13.1. The number of carbonyl (C=O) groups excluding carboxylic acids is 3. The van der Waals surface area contributed by atoms with E-state index in [9.17, 15) is 19.5 Å². The van der Waals surface area contributed by atoms with Crippen molar-refractivity contribution in [3.8, 4) is 5.75 Å². The number of fused-ring (bicyclic) bond motifs is 2. The molecule has 34 heavy (non-hydrogen) atoms. The Labute approximate surface area is 195 Å². The Morgan fingerprint density at radius 3 is 2.68 bits per heavy atom. The molecule has 4 aromatic rings. The van der Waals surface area contributed by atoms with Crippen molar-refractivity contribution < 1.29 is 19.5 Å². The molecule has 8 nitrogen and oxygen atoms in total. The van der Waals surface area contributed by atoms with Gasteiger partial charge in [-0.1, -0.05) is 6.07 Å². The summed E-state index contributed by atoms with van der Waals surface area (Å²) < 4.78 is 1.85. The summed E-state index contributed by atoms with van der Waals surface area (Å²) in [7, 11) is 0. The van der Waals surface area contributed by atoms with Crippen LogP contribution in [0.1, 0.15) is 49.1 Å². The van der Waals surface area contributed by atoms with Crippen LogP contribution in [-0.4, -0.2) is 43.5 Å². The van der Waals surface area contributed by atoms with Crippen molar-refractivity contribution in [3.05, 3.63) is 95.1 Å². The van der Waals surface area contributed by atoms with Crippen LogP contribution >= 0.6 is 0 Å². The molecule has 2 aromatic carbocycles. The third-order valence-electron chi connectivity index (χ3n) is 6.06. The summed E-state index contributed by atoms with van der Waals surface area (Å²) in [6, 6.07) is 13.4. The number of phenols is 1. The minimum atomic E-state index is -0.336. The molecule has 0 aliphatic carbocycles. The number of phenolic OH excluding ortho intramolecular Hbond substituents is 1. The van der Waals surface area contributed by atoms with Crippen molar-refractivity contribution in [2.45, 2.75) is 19.9 Å². The lowest BCUT2D eigenvalue weighted by molar-refractivity contribution is 0.0734. The lowest BCUT2D eigenvalue weighted by Gasteiger charge is -2.29. The SMILES string of the molecule is CC(=O)c1cc(NC(=O)c2ccc3c(c2)CN(C(=O)c2ccn4cncc4c2)CC3)ccc1O. The second-order valence-electron chi connectivity index (χ2n) is 8.34. The number of hydrogen-bond acceptors (Lipinski definition) is 5. The number of aromatic hydroxyl groups is 1. The lowest BCUT2D eigenvalue weighted by atomic mass is 9.96. The minimum Gasteiger partial charge on any atom is -0.507 e. The van der Waals surface area contributed by atoms with Crippen LogP contribution in [0.25, 0.3) is 5.52 Å². The van der Waals surface area contributed by atoms with E-state index in [0.717, 1.165) is 16.6 Å². The van der Waals surface area contributed by atoms with Gasteiger partial charge in [0.1, 0.15) is 5.75 Å². The molecule has 170 valence electrons. The van der Waals surface area contributed by atoms with E-state index >= 15 is 0 Å². The number of amides is 2. The number of benzene rings is 2. The molecule has 0 spiro atoms. The molecule has 0 fully saturated rings. The number of imidazole rings is 1. The van der Waals surface area contributed by atoms with Crippen LogP contribution in [0.15, 0.2) is 67.3 Å². The Morgan fingerprint density at radius 1 is 1.00 bits per heavy atom. The van der Waals surface area contributed by atoms with Crippen LogP contribution in [0.2, 0.25) is 0 Å². The van der Waals surface area contributed by atoms with Gasteiger partial charge >= 0.3 is 0 Å². The number of ketones is 1. The highest BCUT2D eigenvalue weighted by molar-refractivity contribution is 6.05. The van der Waals surface area contributed by atoms with E-state index < -0.39 is 0 Å². The standard InChI is InChI=1S/C26H22N4O4/c1-16(31)23-12-21(4-5-24(23)32)28-25(33)18-3-2-17-6-8-29(14-20(17)10-18)26(34)19-7-9-30-15-27-13-22(30)11-19/h2-5,7,9-13,15,32H,6,8,14H2,1H3,(H,28,33). The van der Waals surface area contributed by atoms with Gasteiger partial charge in [-0.25, -0.2) is 4.98 Å². The van der Waals surface area contributed by atoms with Crippen molar-refractivity contribution in [1.29, 1.82) is 0 Å². The van der Waals surface area contributed by atoms with E-state index in [4.69, 9.17) is 0 Å². The van der Waals surface area contributed by atoms with Gasteiger partial charge in [-0.05, 0) is 66.9 Å². The molecule has 0 radical (unpaired) electrons. The highest BCUT2D eigenvalue weighted by Gasteiger charge is 2.23. The summed E-state index contributed by atoms with van der Waals surface area (Å²) in [5.41, 5.74) is 4.49. The van der Waals surface area contributed by atoms with E-state index in [-0.39, 0.29) is 28.9 Å². The van der Waals surface area contributed by atoms with E-state index in [0.29, 0.717) is 36.3 Å². The molecule has 3 heterocycles. The Balaban J connectivity index is 1.34. The van der Waals surface area contributed by atoms with Gasteiger partial charge < -0.3 is 19.7 Å². The van der Waals surface area contributed by atoms with Gasteiger partial charge in [0, 0.05) is 36.1 Å². The maximum Gasteiger partial charge on any atom is 0.255 e. The van der Waals surface area contributed by atoms with Gasteiger partial charge in [-0.15, -0.1) is 0 Å². The van der Waals surface area contributed by atoms with Gasteiger partial charge in [0.2, 0.25) is 0 Å². The maximum absolute atomic E-state index is 13.1. The van der Waals surface area contributed by atoms with Crippen molar-refractivity contribution >= 4 is 28.8 Å². The molecule has 2 aromatic heterocycles. The number of anilines is 1. The number of aromatic nitrogens is 2. The van der Waals surface area contributed by atoms with Crippen molar-refractivity contribution in [2.24, 2.45) is 0 Å².